The molecule has 0 bridgehead atoms. The first-order valence-corrected chi connectivity index (χ1v) is 8.75. The van der Waals surface area contributed by atoms with Crippen LogP contribution in [0.2, 0.25) is 0 Å². The minimum Gasteiger partial charge on any atom is -0.374 e. The maximum Gasteiger partial charge on any atom is 0.264 e. The van der Waals surface area contributed by atoms with E-state index in [9.17, 15) is 10.1 Å². The van der Waals surface area contributed by atoms with E-state index in [-0.39, 0.29) is 17.5 Å². The van der Waals surface area contributed by atoms with Crippen molar-refractivity contribution in [1.82, 2.24) is 15.5 Å². The number of hydrogen-bond donors (Lipinski definition) is 2. The first kappa shape index (κ1) is 17.7. The fourth-order valence-electron chi connectivity index (χ4n) is 2.99. The molecule has 2 N–H and O–H groups in total. The normalized spacial score (nSPS) is 14.8. The highest BCUT2D eigenvalue weighted by atomic mass is 16.1. The van der Waals surface area contributed by atoms with E-state index >= 15 is 0 Å². The number of nitriles is 1. The number of hydrogen-bond acceptors (Lipinski definition) is 4. The summed E-state index contributed by atoms with van der Waals surface area (Å²) < 4.78 is 0. The van der Waals surface area contributed by atoms with Gasteiger partial charge >= 0.3 is 0 Å². The Kier molecular flexibility index (Phi) is 6.02. The molecule has 1 saturated heterocycles. The number of piperazine rings is 1. The van der Waals surface area contributed by atoms with Crippen LogP contribution in [0.15, 0.2) is 72.4 Å². The van der Waals surface area contributed by atoms with Crippen molar-refractivity contribution in [2.45, 2.75) is 6.04 Å². The molecule has 1 fully saturated rings. The van der Waals surface area contributed by atoms with Crippen LogP contribution < -0.4 is 10.6 Å². The molecule has 2 aromatic carbocycles. The van der Waals surface area contributed by atoms with Crippen LogP contribution in [-0.2, 0) is 4.79 Å². The van der Waals surface area contributed by atoms with Crippen LogP contribution in [0, 0.1) is 11.3 Å². The monoisotopic (exact) mass is 346 g/mol. The van der Waals surface area contributed by atoms with Gasteiger partial charge in [-0.25, -0.2) is 0 Å². The third kappa shape index (κ3) is 4.50. The Morgan fingerprint density at radius 3 is 2.08 bits per heavy atom. The summed E-state index contributed by atoms with van der Waals surface area (Å²) in [5.74, 6) is -0.358. The van der Waals surface area contributed by atoms with E-state index in [0.717, 1.165) is 37.3 Å². The molecule has 1 heterocycles. The molecule has 0 atom stereocenters. The van der Waals surface area contributed by atoms with Crippen molar-refractivity contribution in [2.75, 3.05) is 26.2 Å². The molecule has 0 radical (unpaired) electrons. The predicted molar refractivity (Wildman–Crippen MR) is 101 cm³/mol. The maximum absolute atomic E-state index is 12.8. The number of carbonyl (C=O) groups excluding carboxylic acids is 1. The van der Waals surface area contributed by atoms with Gasteiger partial charge in [-0.05, 0) is 11.1 Å². The summed E-state index contributed by atoms with van der Waals surface area (Å²) in [7, 11) is 0. The van der Waals surface area contributed by atoms with Gasteiger partial charge in [0.25, 0.3) is 5.91 Å². The molecular weight excluding hydrogens is 324 g/mol. The number of nitrogens with zero attached hydrogens (tertiary/aromatic N) is 2. The average Bonchev–Trinajstić information content (AvgIpc) is 2.72. The molecule has 1 aliphatic heterocycles. The summed E-state index contributed by atoms with van der Waals surface area (Å²) in [6.07, 6.45) is 1.67. The lowest BCUT2D eigenvalue weighted by atomic mass is 9.98. The summed E-state index contributed by atoms with van der Waals surface area (Å²) in [6.45, 7) is 3.29. The molecule has 1 amide bonds. The van der Waals surface area contributed by atoms with E-state index in [1.165, 1.54) is 0 Å². The van der Waals surface area contributed by atoms with Gasteiger partial charge in [-0.1, -0.05) is 60.7 Å². The van der Waals surface area contributed by atoms with Crippen LogP contribution >= 0.6 is 0 Å². The van der Waals surface area contributed by atoms with Gasteiger partial charge in [0.2, 0.25) is 0 Å². The largest absolute Gasteiger partial charge is 0.374 e. The van der Waals surface area contributed by atoms with Crippen molar-refractivity contribution in [3.63, 3.8) is 0 Å². The minimum absolute atomic E-state index is 0.128. The zero-order valence-electron chi connectivity index (χ0n) is 14.6. The molecule has 132 valence electrons. The maximum atomic E-state index is 12.8. The van der Waals surface area contributed by atoms with Crippen molar-refractivity contribution >= 4 is 5.91 Å². The Morgan fingerprint density at radius 1 is 1.04 bits per heavy atom. The Labute approximate surface area is 153 Å². The molecule has 5 nitrogen and oxygen atoms in total. The van der Waals surface area contributed by atoms with Crippen LogP contribution in [0.3, 0.4) is 0 Å². The van der Waals surface area contributed by atoms with Crippen LogP contribution in [0.5, 0.6) is 0 Å². The molecule has 0 spiro atoms. The van der Waals surface area contributed by atoms with E-state index in [4.69, 9.17) is 0 Å². The average molecular weight is 346 g/mol. The van der Waals surface area contributed by atoms with Gasteiger partial charge in [-0.15, -0.1) is 0 Å². The minimum atomic E-state index is -0.358. The lowest BCUT2D eigenvalue weighted by molar-refractivity contribution is -0.117. The summed E-state index contributed by atoms with van der Waals surface area (Å²) >= 11 is 0. The first-order valence-electron chi connectivity index (χ1n) is 8.75. The highest BCUT2D eigenvalue weighted by Gasteiger charge is 2.20. The van der Waals surface area contributed by atoms with Gasteiger partial charge in [0.15, 0.2) is 0 Å². The zero-order valence-corrected chi connectivity index (χ0v) is 14.6. The van der Waals surface area contributed by atoms with E-state index in [2.05, 4.69) is 10.6 Å². The molecule has 1 aliphatic rings. The van der Waals surface area contributed by atoms with Crippen LogP contribution in [-0.4, -0.2) is 37.0 Å². The van der Waals surface area contributed by atoms with Gasteiger partial charge in [0.1, 0.15) is 11.6 Å². The van der Waals surface area contributed by atoms with Crippen LogP contribution in [0.1, 0.15) is 17.2 Å². The van der Waals surface area contributed by atoms with Gasteiger partial charge in [0.05, 0.1) is 6.04 Å². The van der Waals surface area contributed by atoms with Gasteiger partial charge in [0, 0.05) is 32.4 Å². The molecule has 0 aromatic heterocycles. The van der Waals surface area contributed by atoms with E-state index in [0.29, 0.717) is 0 Å². The van der Waals surface area contributed by atoms with Crippen molar-refractivity contribution in [1.29, 1.82) is 5.26 Å². The smallest absolute Gasteiger partial charge is 0.264 e. The van der Waals surface area contributed by atoms with Gasteiger partial charge in [-0.2, -0.15) is 5.26 Å². The Bertz CT molecular complexity index is 750. The van der Waals surface area contributed by atoms with Gasteiger partial charge < -0.3 is 15.5 Å². The second kappa shape index (κ2) is 8.84. The topological polar surface area (TPSA) is 68.2 Å². The molecule has 0 saturated carbocycles. The summed E-state index contributed by atoms with van der Waals surface area (Å²) in [5, 5.41) is 15.7. The van der Waals surface area contributed by atoms with Crippen molar-refractivity contribution in [3.05, 3.63) is 83.6 Å². The zero-order chi connectivity index (χ0) is 18.2. The van der Waals surface area contributed by atoms with Crippen molar-refractivity contribution in [2.24, 2.45) is 0 Å². The fraction of sp³-hybridized carbons (Fsp3) is 0.238. The van der Waals surface area contributed by atoms with E-state index < -0.39 is 0 Å². The van der Waals surface area contributed by atoms with Crippen LogP contribution in [0.4, 0.5) is 0 Å². The highest BCUT2D eigenvalue weighted by molar-refractivity contribution is 5.97. The van der Waals surface area contributed by atoms with Crippen molar-refractivity contribution < 1.29 is 4.79 Å². The SMILES string of the molecule is N#C/C(=C/N1CCNCC1)C(=O)NC(c1ccccc1)c1ccccc1. The predicted octanol–water partition coefficient (Wildman–Crippen LogP) is 2.20. The second-order valence-corrected chi connectivity index (χ2v) is 6.17. The fourth-order valence-corrected chi connectivity index (χ4v) is 2.99. The second-order valence-electron chi connectivity index (χ2n) is 6.17. The first-order chi connectivity index (χ1) is 12.8. The number of carbonyl (C=O) groups is 1. The number of benzene rings is 2. The lowest BCUT2D eigenvalue weighted by Crippen LogP contribution is -2.41. The molecule has 0 unspecified atom stereocenters. The number of rotatable bonds is 5. The van der Waals surface area contributed by atoms with Crippen molar-refractivity contribution in [3.8, 4) is 6.07 Å². The Morgan fingerprint density at radius 2 is 1.58 bits per heavy atom. The summed E-state index contributed by atoms with van der Waals surface area (Å²) in [6, 6.07) is 21.3. The van der Waals surface area contributed by atoms with E-state index in [1.54, 1.807) is 6.20 Å². The summed E-state index contributed by atoms with van der Waals surface area (Å²) in [4.78, 5) is 14.8. The summed E-state index contributed by atoms with van der Waals surface area (Å²) in [5.41, 5.74) is 2.08. The molecule has 26 heavy (non-hydrogen) atoms. The molecule has 5 heteroatoms. The third-order valence-electron chi connectivity index (χ3n) is 4.37. The quantitative estimate of drug-likeness (QED) is 0.643. The highest BCUT2D eigenvalue weighted by Crippen LogP contribution is 2.22. The lowest BCUT2D eigenvalue weighted by Gasteiger charge is -2.26. The Hall–Kier alpha value is -3.10. The molecule has 0 aliphatic carbocycles. The molecule has 2 aromatic rings. The Balaban J connectivity index is 1.83. The number of amides is 1. The molecule has 3 rings (SSSR count). The van der Waals surface area contributed by atoms with Gasteiger partial charge in [-0.3, -0.25) is 4.79 Å². The molecular formula is C21H22N4O. The van der Waals surface area contributed by atoms with Crippen LogP contribution in [0.25, 0.3) is 0 Å². The standard InChI is InChI=1S/C21H22N4O/c22-15-19(16-25-13-11-23-12-14-25)21(26)24-20(17-7-3-1-4-8-17)18-9-5-2-6-10-18/h1-10,16,20,23H,11-14H2,(H,24,26)/b19-16-. The van der Waals surface area contributed by atoms with E-state index in [1.807, 2.05) is 71.6 Å². The third-order valence-corrected chi connectivity index (χ3v) is 4.37. The number of nitrogens with one attached hydrogen (secondary N) is 2.